The number of carbonyl (C=O) groups is 2. The number of nitrogens with one attached hydrogen (secondary N) is 1. The summed E-state index contributed by atoms with van der Waals surface area (Å²) in [6, 6.07) is 4.13. The van der Waals surface area contributed by atoms with Crippen LogP contribution in [0.5, 0.6) is 5.75 Å². The molecule has 1 rings (SSSR count). The number of phenolic OH excluding ortho intramolecular Hbond substituents is 1. The number of phenols is 1. The van der Waals surface area contributed by atoms with E-state index in [1.165, 1.54) is 18.2 Å². The Balaban J connectivity index is 2.86. The van der Waals surface area contributed by atoms with Crippen LogP contribution >= 0.6 is 11.6 Å². The van der Waals surface area contributed by atoms with Gasteiger partial charge in [0.1, 0.15) is 11.4 Å². The molecule has 0 spiro atoms. The third-order valence-electron chi connectivity index (χ3n) is 2.06. The van der Waals surface area contributed by atoms with E-state index >= 15 is 0 Å². The molecule has 0 radical (unpaired) electrons. The minimum Gasteiger partial charge on any atom is -0.507 e. The van der Waals surface area contributed by atoms with Gasteiger partial charge in [-0.3, -0.25) is 10.1 Å². The highest BCUT2D eigenvalue weighted by Gasteiger charge is 2.17. The van der Waals surface area contributed by atoms with E-state index in [4.69, 9.17) is 16.3 Å². The van der Waals surface area contributed by atoms with Crippen LogP contribution in [0.3, 0.4) is 0 Å². The Kier molecular flexibility index (Phi) is 4.78. The zero-order valence-electron chi connectivity index (χ0n) is 11.0. The van der Waals surface area contributed by atoms with Crippen molar-refractivity contribution in [3.05, 3.63) is 23.8 Å². The SMILES string of the molecule is CC(C)(C)OC(=O)Nc1ccc(O)c(C(=O)CCl)c1. The molecule has 19 heavy (non-hydrogen) atoms. The highest BCUT2D eigenvalue weighted by molar-refractivity contribution is 6.30. The average Bonchev–Trinajstić information content (AvgIpc) is 2.28. The number of halogens is 1. The van der Waals surface area contributed by atoms with Crippen LogP contribution in [0.1, 0.15) is 31.1 Å². The van der Waals surface area contributed by atoms with Gasteiger partial charge in [-0.25, -0.2) is 4.79 Å². The summed E-state index contributed by atoms with van der Waals surface area (Å²) in [5.41, 5.74) is -0.209. The van der Waals surface area contributed by atoms with Gasteiger partial charge in [0.25, 0.3) is 0 Å². The number of Topliss-reactive ketones (excluding diaryl/α,β-unsaturated/α-hetero) is 1. The van der Waals surface area contributed by atoms with Crippen LogP contribution in [-0.4, -0.2) is 28.5 Å². The monoisotopic (exact) mass is 285 g/mol. The van der Waals surface area contributed by atoms with E-state index in [-0.39, 0.29) is 17.2 Å². The normalized spacial score (nSPS) is 10.9. The fourth-order valence-corrected chi connectivity index (χ4v) is 1.47. The lowest BCUT2D eigenvalue weighted by Gasteiger charge is -2.19. The highest BCUT2D eigenvalue weighted by atomic mass is 35.5. The van der Waals surface area contributed by atoms with Crippen LogP contribution in [0.25, 0.3) is 0 Å². The third-order valence-corrected chi connectivity index (χ3v) is 2.31. The van der Waals surface area contributed by atoms with Crippen molar-refractivity contribution in [3.63, 3.8) is 0 Å². The van der Waals surface area contributed by atoms with Gasteiger partial charge in [-0.05, 0) is 39.0 Å². The number of aromatic hydroxyl groups is 1. The minimum absolute atomic E-state index is 0.0589. The largest absolute Gasteiger partial charge is 0.507 e. The van der Waals surface area contributed by atoms with Gasteiger partial charge in [-0.1, -0.05) is 0 Å². The molecule has 0 fully saturated rings. The standard InChI is InChI=1S/C13H16ClNO4/c1-13(2,3)19-12(18)15-8-4-5-10(16)9(6-8)11(17)7-14/h4-6,16H,7H2,1-3H3,(H,15,18). The lowest BCUT2D eigenvalue weighted by molar-refractivity contribution is 0.0635. The number of hydrogen-bond acceptors (Lipinski definition) is 4. The predicted molar refractivity (Wildman–Crippen MR) is 73.0 cm³/mol. The number of rotatable bonds is 3. The smallest absolute Gasteiger partial charge is 0.412 e. The van der Waals surface area contributed by atoms with Crippen molar-refractivity contribution in [3.8, 4) is 5.75 Å². The Morgan fingerprint density at radius 2 is 2.00 bits per heavy atom. The second-order valence-corrected chi connectivity index (χ2v) is 5.18. The predicted octanol–water partition coefficient (Wildman–Crippen LogP) is 3.16. The molecule has 0 aliphatic carbocycles. The quantitative estimate of drug-likeness (QED) is 0.508. The van der Waals surface area contributed by atoms with Gasteiger partial charge in [0.15, 0.2) is 5.78 Å². The van der Waals surface area contributed by atoms with Crippen molar-refractivity contribution in [2.45, 2.75) is 26.4 Å². The zero-order valence-corrected chi connectivity index (χ0v) is 11.7. The Morgan fingerprint density at radius 1 is 1.37 bits per heavy atom. The lowest BCUT2D eigenvalue weighted by Crippen LogP contribution is -2.27. The first-order valence-corrected chi connectivity index (χ1v) is 6.18. The van der Waals surface area contributed by atoms with Crippen LogP contribution in [0, 0.1) is 0 Å². The maximum atomic E-state index is 11.6. The zero-order chi connectivity index (χ0) is 14.6. The molecular formula is C13H16ClNO4. The van der Waals surface area contributed by atoms with E-state index in [0.717, 1.165) is 0 Å². The Morgan fingerprint density at radius 3 is 2.53 bits per heavy atom. The molecular weight excluding hydrogens is 270 g/mol. The van der Waals surface area contributed by atoms with Crippen LogP contribution in [-0.2, 0) is 4.74 Å². The third kappa shape index (κ3) is 4.79. The topological polar surface area (TPSA) is 75.6 Å². The number of ketones is 1. The second-order valence-electron chi connectivity index (χ2n) is 4.92. The van der Waals surface area contributed by atoms with E-state index < -0.39 is 17.5 Å². The van der Waals surface area contributed by atoms with Gasteiger partial charge >= 0.3 is 6.09 Å². The van der Waals surface area contributed by atoms with E-state index in [1.807, 2.05) is 0 Å². The van der Waals surface area contributed by atoms with E-state index in [1.54, 1.807) is 20.8 Å². The molecule has 0 aliphatic rings. The molecule has 0 aromatic heterocycles. The molecule has 0 aliphatic heterocycles. The van der Waals surface area contributed by atoms with Gasteiger partial charge in [-0.2, -0.15) is 0 Å². The summed E-state index contributed by atoms with van der Waals surface area (Å²) in [5.74, 6) is -0.851. The number of amides is 1. The van der Waals surface area contributed by atoms with Crippen LogP contribution in [0.4, 0.5) is 10.5 Å². The number of benzene rings is 1. The molecule has 0 saturated heterocycles. The van der Waals surface area contributed by atoms with Gasteiger partial charge in [-0.15, -0.1) is 11.6 Å². The summed E-state index contributed by atoms with van der Waals surface area (Å²) in [6.07, 6.45) is -0.637. The molecule has 1 aromatic rings. The first-order valence-electron chi connectivity index (χ1n) is 5.65. The average molecular weight is 286 g/mol. The van der Waals surface area contributed by atoms with Crippen molar-refractivity contribution in [2.75, 3.05) is 11.2 Å². The van der Waals surface area contributed by atoms with Crippen LogP contribution < -0.4 is 5.32 Å². The van der Waals surface area contributed by atoms with Gasteiger partial charge < -0.3 is 9.84 Å². The molecule has 0 heterocycles. The van der Waals surface area contributed by atoms with Crippen molar-refractivity contribution in [1.82, 2.24) is 0 Å². The molecule has 104 valence electrons. The van der Waals surface area contributed by atoms with Crippen LogP contribution in [0.2, 0.25) is 0 Å². The second kappa shape index (κ2) is 5.93. The molecule has 5 nitrogen and oxygen atoms in total. The Hall–Kier alpha value is -1.75. The number of hydrogen-bond donors (Lipinski definition) is 2. The van der Waals surface area contributed by atoms with Crippen molar-refractivity contribution >= 4 is 29.2 Å². The fourth-order valence-electron chi connectivity index (χ4n) is 1.33. The molecule has 1 amide bonds. The maximum absolute atomic E-state index is 11.6. The van der Waals surface area contributed by atoms with Crippen molar-refractivity contribution < 1.29 is 19.4 Å². The van der Waals surface area contributed by atoms with Gasteiger partial charge in [0, 0.05) is 5.69 Å². The molecule has 1 aromatic carbocycles. The summed E-state index contributed by atoms with van der Waals surface area (Å²) in [6.45, 7) is 5.23. The Labute approximate surface area is 116 Å². The lowest BCUT2D eigenvalue weighted by atomic mass is 10.1. The summed E-state index contributed by atoms with van der Waals surface area (Å²) >= 11 is 5.43. The van der Waals surface area contributed by atoms with Gasteiger partial charge in [0.05, 0.1) is 11.4 Å². The summed E-state index contributed by atoms with van der Waals surface area (Å²) < 4.78 is 5.08. The first-order chi connectivity index (χ1) is 8.73. The fraction of sp³-hybridized carbons (Fsp3) is 0.385. The summed E-state index contributed by atoms with van der Waals surface area (Å²) in [4.78, 5) is 23.0. The minimum atomic E-state index is -0.637. The molecule has 0 bridgehead atoms. The molecule has 0 atom stereocenters. The highest BCUT2D eigenvalue weighted by Crippen LogP contribution is 2.23. The maximum Gasteiger partial charge on any atom is 0.412 e. The number of alkyl halides is 1. The van der Waals surface area contributed by atoms with Crippen molar-refractivity contribution in [2.24, 2.45) is 0 Å². The summed E-state index contributed by atoms with van der Waals surface area (Å²) in [5, 5.41) is 12.0. The molecule has 6 heteroatoms. The van der Waals surface area contributed by atoms with E-state index in [2.05, 4.69) is 5.32 Å². The number of carbonyl (C=O) groups excluding carboxylic acids is 2. The number of anilines is 1. The molecule has 0 saturated carbocycles. The summed E-state index contributed by atoms with van der Waals surface area (Å²) in [7, 11) is 0. The number of ether oxygens (including phenoxy) is 1. The Bertz CT molecular complexity index is 494. The molecule has 2 N–H and O–H groups in total. The molecule has 0 unspecified atom stereocenters. The van der Waals surface area contributed by atoms with E-state index in [0.29, 0.717) is 5.69 Å². The van der Waals surface area contributed by atoms with E-state index in [9.17, 15) is 14.7 Å². The first kappa shape index (κ1) is 15.3. The van der Waals surface area contributed by atoms with Gasteiger partial charge in [0.2, 0.25) is 0 Å². The van der Waals surface area contributed by atoms with Crippen LogP contribution in [0.15, 0.2) is 18.2 Å². The van der Waals surface area contributed by atoms with Crippen molar-refractivity contribution in [1.29, 1.82) is 0 Å².